The maximum absolute atomic E-state index is 12.6. The minimum absolute atomic E-state index is 0.0205. The SMILES string of the molecule is O=C(O)COc1ccc(C(=O)CSc2cc(-c3ccc(Cl)cc3)s[s+]2)c(Cl)c1Cl. The second-order valence-electron chi connectivity index (χ2n) is 5.63. The van der Waals surface area contributed by atoms with E-state index in [0.29, 0.717) is 5.02 Å². The molecule has 1 aromatic heterocycles. The first-order chi connectivity index (χ1) is 13.8. The zero-order valence-electron chi connectivity index (χ0n) is 14.5. The maximum Gasteiger partial charge on any atom is 0.341 e. The van der Waals surface area contributed by atoms with Crippen molar-refractivity contribution in [1.29, 1.82) is 0 Å². The summed E-state index contributed by atoms with van der Waals surface area (Å²) in [5.74, 6) is -1.00. The molecule has 1 heterocycles. The summed E-state index contributed by atoms with van der Waals surface area (Å²) in [4.78, 5) is 24.3. The molecule has 0 saturated carbocycles. The Balaban J connectivity index is 1.66. The predicted octanol–water partition coefficient (Wildman–Crippen LogP) is 7.16. The summed E-state index contributed by atoms with van der Waals surface area (Å²) in [6.07, 6.45) is 0. The Morgan fingerprint density at radius 3 is 2.48 bits per heavy atom. The van der Waals surface area contributed by atoms with E-state index in [4.69, 9.17) is 44.6 Å². The highest BCUT2D eigenvalue weighted by Crippen LogP contribution is 2.39. The fourth-order valence-corrected chi connectivity index (χ4v) is 6.59. The Morgan fingerprint density at radius 1 is 1.07 bits per heavy atom. The number of halogens is 3. The van der Waals surface area contributed by atoms with Crippen LogP contribution in [-0.2, 0) is 4.79 Å². The normalized spacial score (nSPS) is 10.7. The van der Waals surface area contributed by atoms with Crippen LogP contribution in [0.4, 0.5) is 0 Å². The Kier molecular flexibility index (Phi) is 7.79. The number of benzene rings is 2. The number of rotatable bonds is 8. The quantitative estimate of drug-likeness (QED) is 0.152. The Hall–Kier alpha value is -1.35. The van der Waals surface area contributed by atoms with Gasteiger partial charge in [-0.25, -0.2) is 4.79 Å². The zero-order valence-corrected chi connectivity index (χ0v) is 19.2. The Bertz CT molecular complexity index is 1050. The molecule has 3 aromatic rings. The molecular weight excluding hydrogens is 495 g/mol. The van der Waals surface area contributed by atoms with Gasteiger partial charge in [-0.1, -0.05) is 58.7 Å². The van der Waals surface area contributed by atoms with E-state index in [0.717, 1.165) is 14.6 Å². The minimum Gasteiger partial charge on any atom is -0.480 e. The van der Waals surface area contributed by atoms with E-state index in [1.165, 1.54) is 23.9 Å². The average molecular weight is 507 g/mol. The summed E-state index contributed by atoms with van der Waals surface area (Å²) in [7, 11) is 3.22. The van der Waals surface area contributed by atoms with Crippen LogP contribution in [-0.4, -0.2) is 29.2 Å². The lowest BCUT2D eigenvalue weighted by molar-refractivity contribution is -0.139. The van der Waals surface area contributed by atoms with Crippen molar-refractivity contribution in [2.75, 3.05) is 12.4 Å². The summed E-state index contributed by atoms with van der Waals surface area (Å²) in [5, 5.41) is 9.44. The number of aliphatic carboxylic acids is 1. The topological polar surface area (TPSA) is 63.6 Å². The first-order valence-corrected chi connectivity index (χ1v) is 12.3. The van der Waals surface area contributed by atoms with E-state index in [1.807, 2.05) is 30.3 Å². The van der Waals surface area contributed by atoms with E-state index in [-0.39, 0.29) is 32.9 Å². The van der Waals surface area contributed by atoms with Gasteiger partial charge in [0.25, 0.3) is 4.21 Å². The van der Waals surface area contributed by atoms with Crippen LogP contribution in [0.15, 0.2) is 46.7 Å². The molecule has 0 unspecified atom stereocenters. The van der Waals surface area contributed by atoms with Crippen molar-refractivity contribution in [3.63, 3.8) is 0 Å². The second-order valence-corrected chi connectivity index (χ2v) is 10.3. The molecule has 0 aliphatic rings. The van der Waals surface area contributed by atoms with Gasteiger partial charge in [-0.05, 0) is 29.8 Å². The number of ether oxygens (including phenoxy) is 1. The van der Waals surface area contributed by atoms with Crippen LogP contribution in [0.5, 0.6) is 5.75 Å². The van der Waals surface area contributed by atoms with Crippen LogP contribution in [0.25, 0.3) is 10.4 Å². The van der Waals surface area contributed by atoms with Crippen molar-refractivity contribution in [3.8, 4) is 16.2 Å². The maximum atomic E-state index is 12.6. The first-order valence-electron chi connectivity index (χ1n) is 8.03. The van der Waals surface area contributed by atoms with Gasteiger partial charge < -0.3 is 9.84 Å². The van der Waals surface area contributed by atoms with E-state index in [2.05, 4.69) is 0 Å². The molecule has 0 bridgehead atoms. The molecule has 0 spiro atoms. The van der Waals surface area contributed by atoms with Crippen LogP contribution < -0.4 is 4.74 Å². The van der Waals surface area contributed by atoms with Crippen molar-refractivity contribution in [1.82, 2.24) is 0 Å². The number of carboxylic acid groups (broad SMARTS) is 1. The van der Waals surface area contributed by atoms with Crippen molar-refractivity contribution < 1.29 is 19.4 Å². The highest BCUT2D eigenvalue weighted by Gasteiger charge is 2.21. The van der Waals surface area contributed by atoms with Gasteiger partial charge >= 0.3 is 16.3 Å². The number of ketones is 1. The number of hydrogen-bond donors (Lipinski definition) is 1. The third-order valence-corrected chi connectivity index (χ3v) is 8.71. The van der Waals surface area contributed by atoms with Crippen LogP contribution in [0.3, 0.4) is 0 Å². The average Bonchev–Trinajstić information content (AvgIpc) is 3.17. The molecule has 0 atom stereocenters. The molecule has 4 nitrogen and oxygen atoms in total. The van der Waals surface area contributed by atoms with E-state index >= 15 is 0 Å². The Morgan fingerprint density at radius 2 is 1.79 bits per heavy atom. The molecule has 0 saturated heterocycles. The van der Waals surface area contributed by atoms with Crippen LogP contribution in [0.1, 0.15) is 10.4 Å². The van der Waals surface area contributed by atoms with Gasteiger partial charge in [0.2, 0.25) is 0 Å². The molecule has 1 N–H and O–H groups in total. The molecule has 0 aliphatic heterocycles. The number of thioether (sulfide) groups is 1. The number of Topliss-reactive ketones (excluding diaryl/α,β-unsaturated/α-hetero) is 1. The fourth-order valence-electron chi connectivity index (χ4n) is 2.26. The molecular formula is C19H12Cl3O4S3+. The standard InChI is InChI=1S/C19H11Cl3O4S3/c20-11-3-1-10(2-4-11)15-7-17(29-28-15)27-9-13(23)12-5-6-14(19(22)18(12)21)26-8-16(24)25/h1-7H,8-9H2/p+1. The largest absolute Gasteiger partial charge is 0.480 e. The van der Waals surface area contributed by atoms with Crippen LogP contribution in [0, 0.1) is 0 Å². The predicted molar refractivity (Wildman–Crippen MR) is 122 cm³/mol. The third kappa shape index (κ3) is 5.84. The Labute approximate surface area is 193 Å². The highest BCUT2D eigenvalue weighted by atomic mass is 35.5. The summed E-state index contributed by atoms with van der Waals surface area (Å²) in [6, 6.07) is 12.6. The van der Waals surface area contributed by atoms with Gasteiger partial charge in [0, 0.05) is 16.7 Å². The van der Waals surface area contributed by atoms with Crippen molar-refractivity contribution in [2.45, 2.75) is 4.21 Å². The summed E-state index contributed by atoms with van der Waals surface area (Å²) < 4.78 is 6.07. The molecule has 29 heavy (non-hydrogen) atoms. The smallest absolute Gasteiger partial charge is 0.341 e. The third-order valence-electron chi connectivity index (χ3n) is 3.64. The molecule has 2 aromatic carbocycles. The first kappa shape index (κ1) is 22.3. The number of carbonyl (C=O) groups excluding carboxylic acids is 1. The van der Waals surface area contributed by atoms with E-state index in [9.17, 15) is 9.59 Å². The number of hydrogen-bond acceptors (Lipinski definition) is 5. The molecule has 0 fully saturated rings. The van der Waals surface area contributed by atoms with Crippen molar-refractivity contribution >= 4 is 79.0 Å². The van der Waals surface area contributed by atoms with Crippen molar-refractivity contribution in [2.24, 2.45) is 0 Å². The molecule has 150 valence electrons. The van der Waals surface area contributed by atoms with Gasteiger partial charge in [-0.15, -0.1) is 0 Å². The second kappa shape index (κ2) is 10.1. The zero-order chi connectivity index (χ0) is 21.0. The van der Waals surface area contributed by atoms with Gasteiger partial charge in [-0.2, -0.15) is 0 Å². The lowest BCUT2D eigenvalue weighted by Gasteiger charge is -2.09. The van der Waals surface area contributed by atoms with Crippen LogP contribution >= 0.6 is 67.2 Å². The molecule has 0 amide bonds. The minimum atomic E-state index is -1.14. The molecule has 3 rings (SSSR count). The van der Waals surface area contributed by atoms with Gasteiger partial charge in [0.05, 0.1) is 15.7 Å². The van der Waals surface area contributed by atoms with Gasteiger partial charge in [-0.3, -0.25) is 4.79 Å². The number of carbonyl (C=O) groups is 2. The summed E-state index contributed by atoms with van der Waals surface area (Å²) in [5.41, 5.74) is 1.34. The molecule has 0 aliphatic carbocycles. The van der Waals surface area contributed by atoms with Crippen molar-refractivity contribution in [3.05, 3.63) is 63.1 Å². The monoisotopic (exact) mass is 505 g/mol. The lowest BCUT2D eigenvalue weighted by Crippen LogP contribution is -2.10. The summed E-state index contributed by atoms with van der Waals surface area (Å²) in [6.45, 7) is -0.547. The summed E-state index contributed by atoms with van der Waals surface area (Å²) >= 11 is 19.6. The van der Waals surface area contributed by atoms with E-state index in [1.54, 1.807) is 20.7 Å². The fraction of sp³-hybridized carbons (Fsp3) is 0.105. The molecule has 0 radical (unpaired) electrons. The number of carboxylic acids is 1. The van der Waals surface area contributed by atoms with E-state index < -0.39 is 12.6 Å². The van der Waals surface area contributed by atoms with Crippen LogP contribution in [0.2, 0.25) is 15.1 Å². The highest BCUT2D eigenvalue weighted by molar-refractivity contribution is 8.03. The van der Waals surface area contributed by atoms with Gasteiger partial charge in [0.15, 0.2) is 22.7 Å². The van der Waals surface area contributed by atoms with Gasteiger partial charge in [0.1, 0.15) is 10.8 Å². The molecule has 10 heteroatoms. The lowest BCUT2D eigenvalue weighted by atomic mass is 10.1.